The summed E-state index contributed by atoms with van der Waals surface area (Å²) in [4.78, 5) is 7.71. The van der Waals surface area contributed by atoms with Gasteiger partial charge in [-0.2, -0.15) is 10.1 Å². The molecule has 0 atom stereocenters. The predicted molar refractivity (Wildman–Crippen MR) is 87.0 cm³/mol. The number of aryl methyl sites for hydroxylation is 1. The molecule has 0 spiro atoms. The van der Waals surface area contributed by atoms with E-state index < -0.39 is 0 Å². The fraction of sp³-hybridized carbons (Fsp3) is 0.176. The van der Waals surface area contributed by atoms with Crippen molar-refractivity contribution in [2.75, 3.05) is 6.61 Å². The van der Waals surface area contributed by atoms with Crippen LogP contribution in [0.25, 0.3) is 33.1 Å². The number of nitrogens with zero attached hydrogens (tertiary/aromatic N) is 3. The van der Waals surface area contributed by atoms with Crippen molar-refractivity contribution in [3.05, 3.63) is 42.7 Å². The van der Waals surface area contributed by atoms with Crippen LogP contribution in [-0.2, 0) is 7.05 Å². The van der Waals surface area contributed by atoms with E-state index in [-0.39, 0.29) is 0 Å². The molecule has 22 heavy (non-hydrogen) atoms. The maximum Gasteiger partial charge on any atom is 0.215 e. The average Bonchev–Trinajstić information content (AvgIpc) is 3.08. The van der Waals surface area contributed by atoms with Crippen LogP contribution < -0.4 is 4.74 Å². The largest absolute Gasteiger partial charge is 0.478 e. The van der Waals surface area contributed by atoms with Crippen LogP contribution in [0, 0.1) is 0 Å². The second-order valence-corrected chi connectivity index (χ2v) is 5.26. The van der Waals surface area contributed by atoms with Crippen LogP contribution in [-0.4, -0.2) is 26.4 Å². The third-order valence-corrected chi connectivity index (χ3v) is 3.74. The van der Waals surface area contributed by atoms with Gasteiger partial charge in [0, 0.05) is 41.8 Å². The molecule has 5 nitrogen and oxygen atoms in total. The Bertz CT molecular complexity index is 967. The van der Waals surface area contributed by atoms with Crippen LogP contribution in [0.1, 0.15) is 6.92 Å². The SMILES string of the molecule is CCOc1ccc2c(-c3ccc4nn(C)cc4c3)c[nH]c2n1. The van der Waals surface area contributed by atoms with E-state index in [2.05, 4.69) is 27.2 Å². The van der Waals surface area contributed by atoms with Crippen molar-refractivity contribution in [1.82, 2.24) is 19.7 Å². The summed E-state index contributed by atoms with van der Waals surface area (Å²) in [7, 11) is 1.94. The predicted octanol–water partition coefficient (Wildman–Crippen LogP) is 3.52. The number of aromatic nitrogens is 4. The maximum atomic E-state index is 5.45. The minimum absolute atomic E-state index is 0.615. The highest BCUT2D eigenvalue weighted by Crippen LogP contribution is 2.30. The molecule has 0 aliphatic carbocycles. The first-order chi connectivity index (χ1) is 10.7. The highest BCUT2D eigenvalue weighted by atomic mass is 16.5. The van der Waals surface area contributed by atoms with Gasteiger partial charge in [-0.15, -0.1) is 0 Å². The van der Waals surface area contributed by atoms with Crippen LogP contribution in [0.3, 0.4) is 0 Å². The molecule has 1 aromatic carbocycles. The highest BCUT2D eigenvalue weighted by molar-refractivity contribution is 5.96. The normalized spacial score (nSPS) is 11.4. The number of fused-ring (bicyclic) bond motifs is 2. The first-order valence-corrected chi connectivity index (χ1v) is 7.29. The van der Waals surface area contributed by atoms with E-state index >= 15 is 0 Å². The van der Waals surface area contributed by atoms with E-state index in [1.165, 1.54) is 0 Å². The molecule has 4 rings (SSSR count). The first-order valence-electron chi connectivity index (χ1n) is 7.29. The Morgan fingerprint density at radius 1 is 1.23 bits per heavy atom. The topological polar surface area (TPSA) is 55.7 Å². The summed E-state index contributed by atoms with van der Waals surface area (Å²) in [6, 6.07) is 10.2. The number of benzene rings is 1. The Kier molecular flexibility index (Phi) is 2.85. The molecule has 0 radical (unpaired) electrons. The van der Waals surface area contributed by atoms with Gasteiger partial charge in [0.1, 0.15) is 5.65 Å². The van der Waals surface area contributed by atoms with Gasteiger partial charge in [0.05, 0.1) is 12.1 Å². The monoisotopic (exact) mass is 292 g/mol. The van der Waals surface area contributed by atoms with Crippen molar-refractivity contribution in [2.45, 2.75) is 6.92 Å². The summed E-state index contributed by atoms with van der Waals surface area (Å²) in [5.74, 6) is 0.645. The molecule has 0 aliphatic heterocycles. The molecular weight excluding hydrogens is 276 g/mol. The molecule has 4 aromatic rings. The molecule has 1 N–H and O–H groups in total. The van der Waals surface area contributed by atoms with Gasteiger partial charge in [-0.25, -0.2) is 0 Å². The third-order valence-electron chi connectivity index (χ3n) is 3.74. The molecule has 0 saturated carbocycles. The lowest BCUT2D eigenvalue weighted by Gasteiger charge is -2.02. The Balaban J connectivity index is 1.84. The molecule has 110 valence electrons. The number of H-pyrrole nitrogens is 1. The summed E-state index contributed by atoms with van der Waals surface area (Å²) in [5.41, 5.74) is 4.13. The smallest absolute Gasteiger partial charge is 0.215 e. The second kappa shape index (κ2) is 4.87. The van der Waals surface area contributed by atoms with Crippen molar-refractivity contribution < 1.29 is 4.74 Å². The number of hydrogen-bond acceptors (Lipinski definition) is 3. The second-order valence-electron chi connectivity index (χ2n) is 5.26. The number of ether oxygens (including phenoxy) is 1. The fourth-order valence-corrected chi connectivity index (χ4v) is 2.77. The fourth-order valence-electron chi connectivity index (χ4n) is 2.77. The van der Waals surface area contributed by atoms with E-state index in [1.807, 2.05) is 49.2 Å². The van der Waals surface area contributed by atoms with Gasteiger partial charge in [-0.05, 0) is 30.7 Å². The summed E-state index contributed by atoms with van der Waals surface area (Å²) in [6.45, 7) is 2.57. The molecule has 5 heteroatoms. The Morgan fingerprint density at radius 2 is 2.14 bits per heavy atom. The third kappa shape index (κ3) is 2.02. The van der Waals surface area contributed by atoms with Gasteiger partial charge < -0.3 is 9.72 Å². The zero-order valence-electron chi connectivity index (χ0n) is 12.5. The molecule has 0 amide bonds. The minimum Gasteiger partial charge on any atom is -0.478 e. The highest BCUT2D eigenvalue weighted by Gasteiger charge is 2.09. The van der Waals surface area contributed by atoms with Crippen LogP contribution in [0.2, 0.25) is 0 Å². The van der Waals surface area contributed by atoms with Crippen LogP contribution in [0.4, 0.5) is 0 Å². The number of rotatable bonds is 3. The molecule has 0 aliphatic rings. The number of hydrogen-bond donors (Lipinski definition) is 1. The summed E-state index contributed by atoms with van der Waals surface area (Å²) in [5, 5.41) is 6.63. The van der Waals surface area contributed by atoms with Crippen molar-refractivity contribution in [3.63, 3.8) is 0 Å². The molecule has 3 aromatic heterocycles. The number of aromatic amines is 1. The van der Waals surface area contributed by atoms with Crippen molar-refractivity contribution >= 4 is 21.9 Å². The van der Waals surface area contributed by atoms with E-state index in [4.69, 9.17) is 4.74 Å². The zero-order valence-corrected chi connectivity index (χ0v) is 12.5. The van der Waals surface area contributed by atoms with Crippen molar-refractivity contribution in [1.29, 1.82) is 0 Å². The zero-order chi connectivity index (χ0) is 15.1. The molecule has 0 saturated heterocycles. The van der Waals surface area contributed by atoms with Crippen LogP contribution in [0.5, 0.6) is 5.88 Å². The lowest BCUT2D eigenvalue weighted by Crippen LogP contribution is -1.93. The molecular formula is C17H16N4O. The molecule has 3 heterocycles. The van der Waals surface area contributed by atoms with Crippen molar-refractivity contribution in [3.8, 4) is 17.0 Å². The Morgan fingerprint density at radius 3 is 3.00 bits per heavy atom. The Hall–Kier alpha value is -2.82. The van der Waals surface area contributed by atoms with Gasteiger partial charge in [-0.1, -0.05) is 6.07 Å². The molecule has 0 bridgehead atoms. The summed E-state index contributed by atoms with van der Waals surface area (Å²) < 4.78 is 7.28. The quantitative estimate of drug-likeness (QED) is 0.628. The van der Waals surface area contributed by atoms with Gasteiger partial charge in [0.15, 0.2) is 0 Å². The van der Waals surface area contributed by atoms with E-state index in [9.17, 15) is 0 Å². The van der Waals surface area contributed by atoms with E-state index in [0.717, 1.165) is 33.1 Å². The van der Waals surface area contributed by atoms with Gasteiger partial charge in [0.25, 0.3) is 0 Å². The lowest BCUT2D eigenvalue weighted by atomic mass is 10.0. The summed E-state index contributed by atoms with van der Waals surface area (Å²) in [6.07, 6.45) is 4.02. The number of pyridine rings is 1. The lowest BCUT2D eigenvalue weighted by molar-refractivity contribution is 0.328. The molecule has 0 fully saturated rings. The van der Waals surface area contributed by atoms with Gasteiger partial charge in [0.2, 0.25) is 5.88 Å². The first kappa shape index (κ1) is 12.9. The van der Waals surface area contributed by atoms with E-state index in [0.29, 0.717) is 12.5 Å². The van der Waals surface area contributed by atoms with E-state index in [1.54, 1.807) is 0 Å². The summed E-state index contributed by atoms with van der Waals surface area (Å²) >= 11 is 0. The molecule has 0 unspecified atom stereocenters. The Labute approximate surface area is 127 Å². The standard InChI is InChI=1S/C17H16N4O/c1-3-22-16-7-5-13-14(9-18-17(13)19-16)11-4-6-15-12(8-11)10-21(2)20-15/h4-10H,3H2,1-2H3,(H,18,19). The average molecular weight is 292 g/mol. The van der Waals surface area contributed by atoms with Gasteiger partial charge in [-0.3, -0.25) is 4.68 Å². The number of nitrogens with one attached hydrogen (secondary N) is 1. The minimum atomic E-state index is 0.615. The van der Waals surface area contributed by atoms with Crippen molar-refractivity contribution in [2.24, 2.45) is 7.05 Å². The maximum absolute atomic E-state index is 5.45. The van der Waals surface area contributed by atoms with Crippen LogP contribution in [0.15, 0.2) is 42.7 Å². The van der Waals surface area contributed by atoms with Crippen LogP contribution >= 0.6 is 0 Å². The van der Waals surface area contributed by atoms with Gasteiger partial charge >= 0.3 is 0 Å².